The number of hydroxylamine groups is 4. The van der Waals surface area contributed by atoms with Crippen LogP contribution in [0.5, 0.6) is 0 Å². The Bertz CT molecular complexity index is 722. The third kappa shape index (κ3) is 5.29. The number of nitrogens with one attached hydrogen (secondary N) is 1. The summed E-state index contributed by atoms with van der Waals surface area (Å²) in [4.78, 5) is 57.6. The summed E-state index contributed by atoms with van der Waals surface area (Å²) in [6.07, 6.45) is 2.18. The van der Waals surface area contributed by atoms with Gasteiger partial charge in [-0.2, -0.15) is 0 Å². The van der Waals surface area contributed by atoms with Crippen LogP contribution in [0.15, 0.2) is 30.3 Å². The fraction of sp³-hybridized carbons (Fsp3) is 0.474. The molecule has 0 spiro atoms. The van der Waals surface area contributed by atoms with Gasteiger partial charge in [0.1, 0.15) is 0 Å². The van der Waals surface area contributed by atoms with Crippen LogP contribution in [-0.2, 0) is 19.3 Å². The molecule has 2 aliphatic rings. The predicted octanol–water partition coefficient (Wildman–Crippen LogP) is 1.79. The Morgan fingerprint density at radius 3 is 2.36 bits per heavy atom. The Kier molecular flexibility index (Phi) is 6.59. The Labute approximate surface area is 162 Å². The third-order valence-electron chi connectivity index (χ3n) is 4.66. The molecule has 2 heterocycles. The van der Waals surface area contributed by atoms with E-state index in [0.717, 1.165) is 19.3 Å². The molecule has 1 N–H and O–H groups in total. The van der Waals surface area contributed by atoms with Gasteiger partial charge in [-0.15, -0.1) is 10.1 Å². The molecule has 0 saturated carbocycles. The van der Waals surface area contributed by atoms with Gasteiger partial charge < -0.3 is 15.0 Å². The second kappa shape index (κ2) is 9.32. The van der Waals surface area contributed by atoms with E-state index in [4.69, 9.17) is 9.68 Å². The number of imide groups is 1. The van der Waals surface area contributed by atoms with Gasteiger partial charge in [-0.05, 0) is 31.4 Å². The maximum absolute atomic E-state index is 12.2. The molecule has 150 valence electrons. The van der Waals surface area contributed by atoms with Crippen LogP contribution in [-0.4, -0.2) is 53.1 Å². The summed E-state index contributed by atoms with van der Waals surface area (Å²) < 4.78 is 0. The lowest BCUT2D eigenvalue weighted by Crippen LogP contribution is -2.43. The first-order valence-corrected chi connectivity index (χ1v) is 9.39. The zero-order valence-corrected chi connectivity index (χ0v) is 15.5. The molecule has 3 amide bonds. The van der Waals surface area contributed by atoms with E-state index in [1.807, 2.05) is 6.07 Å². The summed E-state index contributed by atoms with van der Waals surface area (Å²) in [5, 5.41) is 4.81. The molecule has 1 unspecified atom stereocenters. The van der Waals surface area contributed by atoms with Gasteiger partial charge in [0.15, 0.2) is 0 Å². The number of amides is 3. The van der Waals surface area contributed by atoms with E-state index in [1.54, 1.807) is 29.3 Å². The Morgan fingerprint density at radius 1 is 0.929 bits per heavy atom. The number of hydrogen-bond donors (Lipinski definition) is 1. The first kappa shape index (κ1) is 19.8. The maximum atomic E-state index is 12.2. The number of hydrogen-bond acceptors (Lipinski definition) is 7. The molecule has 1 aromatic rings. The summed E-state index contributed by atoms with van der Waals surface area (Å²) in [7, 11) is 0. The SMILES string of the molecule is O=C(NC1CCCCN(OC(=O)c2ccccc2)CC1)ON1C(=O)CCC1=O. The lowest BCUT2D eigenvalue weighted by molar-refractivity contribution is -0.171. The van der Waals surface area contributed by atoms with Crippen LogP contribution >= 0.6 is 0 Å². The van der Waals surface area contributed by atoms with Crippen LogP contribution in [0.4, 0.5) is 4.79 Å². The van der Waals surface area contributed by atoms with E-state index in [1.165, 1.54) is 0 Å². The number of carbonyl (C=O) groups is 4. The standard InChI is InChI=1S/C19H23N3O6/c23-16-9-10-17(24)22(16)28-19(26)20-15-8-4-5-12-21(13-11-15)27-18(25)14-6-2-1-3-7-14/h1-3,6-7,15H,4-5,8-13H2,(H,20,26). The van der Waals surface area contributed by atoms with Crippen molar-refractivity contribution < 1.29 is 28.9 Å². The first-order valence-electron chi connectivity index (χ1n) is 9.39. The lowest BCUT2D eigenvalue weighted by atomic mass is 10.0. The van der Waals surface area contributed by atoms with Crippen molar-refractivity contribution in [1.82, 2.24) is 15.4 Å². The number of nitrogens with zero attached hydrogens (tertiary/aromatic N) is 2. The summed E-state index contributed by atoms with van der Waals surface area (Å²) in [5.41, 5.74) is 0.475. The molecule has 0 radical (unpaired) electrons. The lowest BCUT2D eigenvalue weighted by Gasteiger charge is -2.27. The van der Waals surface area contributed by atoms with Gasteiger partial charge in [-0.1, -0.05) is 24.6 Å². The molecule has 2 aliphatic heterocycles. The van der Waals surface area contributed by atoms with Gasteiger partial charge in [0, 0.05) is 32.0 Å². The minimum Gasteiger partial charge on any atom is -0.364 e. The molecule has 1 aromatic carbocycles. The monoisotopic (exact) mass is 389 g/mol. The molecular formula is C19H23N3O6. The summed E-state index contributed by atoms with van der Waals surface area (Å²) in [6.45, 7) is 1.07. The van der Waals surface area contributed by atoms with Crippen molar-refractivity contribution in [3.8, 4) is 0 Å². The summed E-state index contributed by atoms with van der Waals surface area (Å²) in [5.74, 6) is -1.45. The molecule has 28 heavy (non-hydrogen) atoms. The zero-order valence-electron chi connectivity index (χ0n) is 15.5. The van der Waals surface area contributed by atoms with Crippen LogP contribution < -0.4 is 5.32 Å². The van der Waals surface area contributed by atoms with E-state index in [0.29, 0.717) is 30.1 Å². The van der Waals surface area contributed by atoms with Gasteiger partial charge in [0.05, 0.1) is 5.56 Å². The van der Waals surface area contributed by atoms with E-state index in [9.17, 15) is 19.2 Å². The van der Waals surface area contributed by atoms with E-state index >= 15 is 0 Å². The quantitative estimate of drug-likeness (QED) is 0.783. The fourth-order valence-corrected chi connectivity index (χ4v) is 3.15. The molecule has 0 aromatic heterocycles. The molecule has 0 bridgehead atoms. The zero-order chi connectivity index (χ0) is 19.9. The van der Waals surface area contributed by atoms with E-state index in [-0.39, 0.29) is 18.9 Å². The van der Waals surface area contributed by atoms with Crippen LogP contribution in [0.2, 0.25) is 0 Å². The largest absolute Gasteiger partial charge is 0.432 e. The topological polar surface area (TPSA) is 105 Å². The van der Waals surface area contributed by atoms with Crippen LogP contribution in [0.1, 0.15) is 48.9 Å². The smallest absolute Gasteiger partial charge is 0.364 e. The van der Waals surface area contributed by atoms with Crippen molar-refractivity contribution >= 4 is 23.9 Å². The predicted molar refractivity (Wildman–Crippen MR) is 96.4 cm³/mol. The van der Waals surface area contributed by atoms with Crippen molar-refractivity contribution in [2.45, 2.75) is 44.6 Å². The highest BCUT2D eigenvalue weighted by atomic mass is 16.7. The molecule has 9 heteroatoms. The normalized spacial score (nSPS) is 21.0. The molecule has 9 nitrogen and oxygen atoms in total. The van der Waals surface area contributed by atoms with Crippen LogP contribution in [0, 0.1) is 0 Å². The molecule has 2 fully saturated rings. The van der Waals surface area contributed by atoms with Crippen LogP contribution in [0.3, 0.4) is 0 Å². The van der Waals surface area contributed by atoms with Gasteiger partial charge in [0.25, 0.3) is 11.8 Å². The Morgan fingerprint density at radius 2 is 1.64 bits per heavy atom. The van der Waals surface area contributed by atoms with Gasteiger partial charge in [-0.25, -0.2) is 9.59 Å². The number of benzene rings is 1. The second-order valence-corrected chi connectivity index (χ2v) is 6.76. The average Bonchev–Trinajstić information content (AvgIpc) is 2.99. The number of carbonyl (C=O) groups excluding carboxylic acids is 4. The minimum absolute atomic E-state index is 0.0529. The Balaban J connectivity index is 1.48. The van der Waals surface area contributed by atoms with Crippen molar-refractivity contribution in [3.05, 3.63) is 35.9 Å². The van der Waals surface area contributed by atoms with E-state index < -0.39 is 23.9 Å². The number of rotatable bonds is 4. The first-order chi connectivity index (χ1) is 13.5. The third-order valence-corrected chi connectivity index (χ3v) is 4.66. The maximum Gasteiger partial charge on any atom is 0.432 e. The Hall–Kier alpha value is -2.94. The van der Waals surface area contributed by atoms with Crippen molar-refractivity contribution in [2.24, 2.45) is 0 Å². The minimum atomic E-state index is -0.831. The molecule has 3 rings (SSSR count). The van der Waals surface area contributed by atoms with Crippen molar-refractivity contribution in [2.75, 3.05) is 13.1 Å². The summed E-state index contributed by atoms with van der Waals surface area (Å²) >= 11 is 0. The molecule has 2 saturated heterocycles. The highest BCUT2D eigenvalue weighted by Crippen LogP contribution is 2.15. The van der Waals surface area contributed by atoms with Crippen molar-refractivity contribution in [1.29, 1.82) is 0 Å². The molecule has 0 aliphatic carbocycles. The van der Waals surface area contributed by atoms with E-state index in [2.05, 4.69) is 5.32 Å². The average molecular weight is 389 g/mol. The molecule has 1 atom stereocenters. The summed E-state index contributed by atoms with van der Waals surface area (Å²) in [6, 6.07) is 8.53. The highest BCUT2D eigenvalue weighted by molar-refractivity contribution is 6.01. The van der Waals surface area contributed by atoms with Gasteiger partial charge in [0.2, 0.25) is 0 Å². The van der Waals surface area contributed by atoms with Gasteiger partial charge >= 0.3 is 12.1 Å². The van der Waals surface area contributed by atoms with Crippen molar-refractivity contribution in [3.63, 3.8) is 0 Å². The second-order valence-electron chi connectivity index (χ2n) is 6.76. The molecular weight excluding hydrogens is 366 g/mol. The van der Waals surface area contributed by atoms with Crippen LogP contribution in [0.25, 0.3) is 0 Å². The fourth-order valence-electron chi connectivity index (χ4n) is 3.15. The van der Waals surface area contributed by atoms with Gasteiger partial charge in [-0.3, -0.25) is 9.59 Å². The highest BCUT2D eigenvalue weighted by Gasteiger charge is 2.33.